The van der Waals surface area contributed by atoms with Crippen LogP contribution in [0.2, 0.25) is 0 Å². The summed E-state index contributed by atoms with van der Waals surface area (Å²) < 4.78 is 0. The molecule has 94 valence electrons. The second-order valence-electron chi connectivity index (χ2n) is 5.51. The summed E-state index contributed by atoms with van der Waals surface area (Å²) in [5, 5.41) is 12.0. The second kappa shape index (κ2) is 4.29. The van der Waals surface area contributed by atoms with Crippen molar-refractivity contribution >= 4 is 16.5 Å². The molecule has 1 aliphatic carbocycles. The van der Waals surface area contributed by atoms with Gasteiger partial charge in [0.1, 0.15) is 0 Å². The largest absolute Gasteiger partial charge is 0.396 e. The van der Waals surface area contributed by atoms with Gasteiger partial charge in [-0.3, -0.25) is 0 Å². The van der Waals surface area contributed by atoms with Crippen molar-refractivity contribution in [3.63, 3.8) is 0 Å². The fourth-order valence-electron chi connectivity index (χ4n) is 2.67. The van der Waals surface area contributed by atoms with E-state index in [1.54, 1.807) is 0 Å². The number of aliphatic hydroxyl groups excluding tert-OH is 1. The van der Waals surface area contributed by atoms with Crippen molar-refractivity contribution in [2.75, 3.05) is 25.1 Å². The summed E-state index contributed by atoms with van der Waals surface area (Å²) in [5.74, 6) is 0. The van der Waals surface area contributed by atoms with E-state index in [-0.39, 0.29) is 5.41 Å². The van der Waals surface area contributed by atoms with Crippen LogP contribution in [0.4, 0.5) is 5.69 Å². The summed E-state index contributed by atoms with van der Waals surface area (Å²) in [6, 6.07) is 14.9. The van der Waals surface area contributed by atoms with Crippen molar-refractivity contribution in [3.05, 3.63) is 42.5 Å². The summed E-state index contributed by atoms with van der Waals surface area (Å²) >= 11 is 0. The van der Waals surface area contributed by atoms with Crippen LogP contribution < -0.4 is 4.90 Å². The zero-order valence-electron chi connectivity index (χ0n) is 10.8. The van der Waals surface area contributed by atoms with Crippen LogP contribution in [0, 0.1) is 5.41 Å². The van der Waals surface area contributed by atoms with E-state index in [9.17, 15) is 5.11 Å². The number of hydrogen-bond donors (Lipinski definition) is 1. The number of rotatable bonds is 4. The monoisotopic (exact) mass is 241 g/mol. The van der Waals surface area contributed by atoms with E-state index in [2.05, 4.69) is 54.4 Å². The molecule has 2 nitrogen and oxygen atoms in total. The second-order valence-corrected chi connectivity index (χ2v) is 5.51. The van der Waals surface area contributed by atoms with E-state index in [0.29, 0.717) is 6.61 Å². The molecular weight excluding hydrogens is 222 g/mol. The Kier molecular flexibility index (Phi) is 2.75. The van der Waals surface area contributed by atoms with Crippen molar-refractivity contribution in [2.24, 2.45) is 5.41 Å². The van der Waals surface area contributed by atoms with Crippen molar-refractivity contribution in [3.8, 4) is 0 Å². The molecule has 0 bridgehead atoms. The van der Waals surface area contributed by atoms with Gasteiger partial charge >= 0.3 is 0 Å². The maximum Gasteiger partial charge on any atom is 0.0504 e. The van der Waals surface area contributed by atoms with Gasteiger partial charge in [-0.1, -0.05) is 36.4 Å². The first-order valence-corrected chi connectivity index (χ1v) is 6.54. The highest BCUT2D eigenvalue weighted by Gasteiger charge is 2.42. The fourth-order valence-corrected chi connectivity index (χ4v) is 2.67. The molecule has 3 rings (SSSR count). The first kappa shape index (κ1) is 11.5. The van der Waals surface area contributed by atoms with E-state index in [0.717, 1.165) is 19.4 Å². The van der Waals surface area contributed by atoms with Crippen molar-refractivity contribution < 1.29 is 5.11 Å². The average molecular weight is 241 g/mol. The molecule has 0 heterocycles. The number of anilines is 1. The Bertz CT molecular complexity index is 555. The molecule has 2 aromatic rings. The first-order valence-electron chi connectivity index (χ1n) is 6.54. The van der Waals surface area contributed by atoms with Crippen LogP contribution in [0.25, 0.3) is 10.8 Å². The predicted octanol–water partition coefficient (Wildman–Crippen LogP) is 3.05. The molecule has 0 aromatic heterocycles. The van der Waals surface area contributed by atoms with Gasteiger partial charge in [0.15, 0.2) is 0 Å². The molecule has 18 heavy (non-hydrogen) atoms. The van der Waals surface area contributed by atoms with Gasteiger partial charge in [0, 0.05) is 30.1 Å². The number of hydrogen-bond acceptors (Lipinski definition) is 2. The molecule has 1 saturated carbocycles. The SMILES string of the molecule is CN(CC1(CO)CC1)c1cccc2ccccc12. The molecule has 1 fully saturated rings. The summed E-state index contributed by atoms with van der Waals surface area (Å²) in [6.07, 6.45) is 2.30. The highest BCUT2D eigenvalue weighted by molar-refractivity contribution is 5.94. The fraction of sp³-hybridized carbons (Fsp3) is 0.375. The molecule has 2 aromatic carbocycles. The molecule has 0 radical (unpaired) electrons. The van der Waals surface area contributed by atoms with Gasteiger partial charge in [-0.25, -0.2) is 0 Å². The zero-order chi connectivity index (χ0) is 12.6. The molecule has 0 spiro atoms. The van der Waals surface area contributed by atoms with Crippen LogP contribution in [-0.4, -0.2) is 25.3 Å². The normalized spacial score (nSPS) is 16.8. The lowest BCUT2D eigenvalue weighted by Gasteiger charge is -2.25. The summed E-state index contributed by atoms with van der Waals surface area (Å²) in [7, 11) is 2.12. The molecular formula is C16H19NO. The summed E-state index contributed by atoms with van der Waals surface area (Å²) in [6.45, 7) is 1.25. The lowest BCUT2D eigenvalue weighted by atomic mass is 10.1. The van der Waals surface area contributed by atoms with Gasteiger partial charge in [0.2, 0.25) is 0 Å². The Morgan fingerprint density at radius 1 is 1.11 bits per heavy atom. The highest BCUT2D eigenvalue weighted by atomic mass is 16.3. The first-order chi connectivity index (χ1) is 8.74. The van der Waals surface area contributed by atoms with Crippen LogP contribution in [-0.2, 0) is 0 Å². The Labute approximate surface area is 108 Å². The molecule has 1 aliphatic rings. The lowest BCUT2D eigenvalue weighted by Crippen LogP contribution is -2.28. The lowest BCUT2D eigenvalue weighted by molar-refractivity contribution is 0.215. The smallest absolute Gasteiger partial charge is 0.0504 e. The van der Waals surface area contributed by atoms with Crippen LogP contribution in [0.15, 0.2) is 42.5 Å². The Morgan fingerprint density at radius 3 is 2.56 bits per heavy atom. The van der Waals surface area contributed by atoms with Crippen LogP contribution in [0.3, 0.4) is 0 Å². The van der Waals surface area contributed by atoms with Crippen molar-refractivity contribution in [1.29, 1.82) is 0 Å². The van der Waals surface area contributed by atoms with Crippen LogP contribution >= 0.6 is 0 Å². The molecule has 2 heteroatoms. The topological polar surface area (TPSA) is 23.5 Å². The molecule has 0 atom stereocenters. The summed E-state index contributed by atoms with van der Waals surface area (Å²) in [4.78, 5) is 2.28. The van der Waals surface area contributed by atoms with Crippen molar-refractivity contribution in [2.45, 2.75) is 12.8 Å². The minimum absolute atomic E-state index is 0.158. The molecule has 1 N–H and O–H groups in total. The summed E-state index contributed by atoms with van der Waals surface area (Å²) in [5.41, 5.74) is 1.42. The predicted molar refractivity (Wildman–Crippen MR) is 76.0 cm³/mol. The molecule has 0 unspecified atom stereocenters. The number of benzene rings is 2. The quantitative estimate of drug-likeness (QED) is 0.889. The van der Waals surface area contributed by atoms with Gasteiger partial charge < -0.3 is 10.0 Å². The standard InChI is InChI=1S/C16H19NO/c1-17(11-16(12-18)9-10-16)15-8-4-6-13-5-2-3-7-14(13)15/h2-8,18H,9-12H2,1H3. The van der Waals surface area contributed by atoms with Gasteiger partial charge in [-0.15, -0.1) is 0 Å². The number of fused-ring (bicyclic) bond motifs is 1. The average Bonchev–Trinajstić information content (AvgIpc) is 3.18. The minimum Gasteiger partial charge on any atom is -0.396 e. The van der Waals surface area contributed by atoms with Gasteiger partial charge in [-0.05, 0) is 24.3 Å². The van der Waals surface area contributed by atoms with Crippen LogP contribution in [0.1, 0.15) is 12.8 Å². The third-order valence-corrected chi connectivity index (χ3v) is 4.04. The van der Waals surface area contributed by atoms with Crippen molar-refractivity contribution in [1.82, 2.24) is 0 Å². The molecule has 0 aliphatic heterocycles. The molecule has 0 amide bonds. The number of aliphatic hydroxyl groups is 1. The Balaban J connectivity index is 1.94. The number of nitrogens with zero attached hydrogens (tertiary/aromatic N) is 1. The maximum atomic E-state index is 9.44. The maximum absolute atomic E-state index is 9.44. The molecule has 0 saturated heterocycles. The third kappa shape index (κ3) is 1.97. The Hall–Kier alpha value is -1.54. The van der Waals surface area contributed by atoms with E-state index >= 15 is 0 Å². The third-order valence-electron chi connectivity index (χ3n) is 4.04. The van der Waals surface area contributed by atoms with E-state index in [1.807, 2.05) is 0 Å². The minimum atomic E-state index is 0.158. The van der Waals surface area contributed by atoms with Gasteiger partial charge in [0.25, 0.3) is 0 Å². The van der Waals surface area contributed by atoms with E-state index in [1.165, 1.54) is 16.5 Å². The van der Waals surface area contributed by atoms with Gasteiger partial charge in [-0.2, -0.15) is 0 Å². The Morgan fingerprint density at radius 2 is 1.83 bits per heavy atom. The highest BCUT2D eigenvalue weighted by Crippen LogP contribution is 2.46. The van der Waals surface area contributed by atoms with Crippen LogP contribution in [0.5, 0.6) is 0 Å². The van der Waals surface area contributed by atoms with E-state index < -0.39 is 0 Å². The zero-order valence-corrected chi connectivity index (χ0v) is 10.8. The van der Waals surface area contributed by atoms with E-state index in [4.69, 9.17) is 0 Å². The van der Waals surface area contributed by atoms with Gasteiger partial charge in [0.05, 0.1) is 6.61 Å².